The van der Waals surface area contributed by atoms with Crippen molar-refractivity contribution in [3.63, 3.8) is 0 Å². The molecule has 0 aromatic rings. The normalized spacial score (nSPS) is 12.1. The minimum atomic E-state index is -0.787. The van der Waals surface area contributed by atoms with Crippen LogP contribution in [0.1, 0.15) is 26.2 Å². The van der Waals surface area contributed by atoms with Crippen LogP contribution in [-0.4, -0.2) is 37.1 Å². The Kier molecular flexibility index (Phi) is 7.62. The topological polar surface area (TPSA) is 78.4 Å². The fourth-order valence-corrected chi connectivity index (χ4v) is 1.19. The van der Waals surface area contributed by atoms with Gasteiger partial charge in [0.25, 0.3) is 0 Å². The van der Waals surface area contributed by atoms with Crippen molar-refractivity contribution < 1.29 is 14.7 Å². The summed E-state index contributed by atoms with van der Waals surface area (Å²) in [6.45, 7) is 3.06. The van der Waals surface area contributed by atoms with Crippen LogP contribution in [0.5, 0.6) is 0 Å². The first-order chi connectivity index (χ1) is 7.07. The van der Waals surface area contributed by atoms with Crippen LogP contribution < -0.4 is 10.6 Å². The van der Waals surface area contributed by atoms with Crippen LogP contribution in [0.3, 0.4) is 0 Å². The molecular formula is C10H20N2O3. The van der Waals surface area contributed by atoms with Crippen molar-refractivity contribution in [1.29, 1.82) is 0 Å². The molecule has 1 amide bonds. The highest BCUT2D eigenvalue weighted by Crippen LogP contribution is 1.95. The van der Waals surface area contributed by atoms with Crippen molar-refractivity contribution >= 4 is 11.9 Å². The quantitative estimate of drug-likeness (QED) is 0.507. The molecule has 5 nitrogen and oxygen atoms in total. The maximum atomic E-state index is 11.4. The van der Waals surface area contributed by atoms with E-state index in [9.17, 15) is 9.59 Å². The Balaban J connectivity index is 3.42. The highest BCUT2D eigenvalue weighted by molar-refractivity contribution is 5.78. The molecule has 0 rings (SSSR count). The molecule has 0 aliphatic carbocycles. The molecule has 3 N–H and O–H groups in total. The van der Waals surface area contributed by atoms with Gasteiger partial charge in [-0.3, -0.25) is 9.59 Å². The van der Waals surface area contributed by atoms with Gasteiger partial charge in [0.1, 0.15) is 0 Å². The van der Waals surface area contributed by atoms with E-state index in [-0.39, 0.29) is 18.2 Å². The maximum Gasteiger partial charge on any atom is 0.303 e. The number of carbonyl (C=O) groups excluding carboxylic acids is 1. The number of nitrogens with one attached hydrogen (secondary N) is 2. The molecule has 0 fully saturated rings. The second-order valence-corrected chi connectivity index (χ2v) is 3.60. The van der Waals surface area contributed by atoms with Gasteiger partial charge in [0, 0.05) is 25.4 Å². The van der Waals surface area contributed by atoms with Crippen molar-refractivity contribution in [3.05, 3.63) is 0 Å². The summed E-state index contributed by atoms with van der Waals surface area (Å²) in [6.07, 6.45) is 1.49. The SMILES string of the molecule is CNCC(C)C(=O)NCCCCC(=O)O. The fraction of sp³-hybridized carbons (Fsp3) is 0.800. The molecule has 0 aliphatic rings. The third-order valence-corrected chi connectivity index (χ3v) is 2.07. The second kappa shape index (κ2) is 8.23. The third-order valence-electron chi connectivity index (χ3n) is 2.07. The molecular weight excluding hydrogens is 196 g/mol. The van der Waals surface area contributed by atoms with Crippen molar-refractivity contribution in [2.75, 3.05) is 20.1 Å². The molecule has 1 atom stereocenters. The largest absolute Gasteiger partial charge is 0.481 e. The molecule has 1 unspecified atom stereocenters. The van der Waals surface area contributed by atoms with E-state index < -0.39 is 5.97 Å². The predicted molar refractivity (Wildman–Crippen MR) is 57.6 cm³/mol. The summed E-state index contributed by atoms with van der Waals surface area (Å²) < 4.78 is 0. The maximum absolute atomic E-state index is 11.4. The van der Waals surface area contributed by atoms with Gasteiger partial charge in [0.2, 0.25) is 5.91 Å². The highest BCUT2D eigenvalue weighted by atomic mass is 16.4. The van der Waals surface area contributed by atoms with Crippen LogP contribution in [0.4, 0.5) is 0 Å². The van der Waals surface area contributed by atoms with Crippen molar-refractivity contribution in [1.82, 2.24) is 10.6 Å². The van der Waals surface area contributed by atoms with Gasteiger partial charge >= 0.3 is 5.97 Å². The summed E-state index contributed by atoms with van der Waals surface area (Å²) in [4.78, 5) is 21.6. The number of rotatable bonds is 8. The van der Waals surface area contributed by atoms with Gasteiger partial charge in [-0.15, -0.1) is 0 Å². The smallest absolute Gasteiger partial charge is 0.303 e. The number of unbranched alkanes of at least 4 members (excludes halogenated alkanes) is 1. The predicted octanol–water partition coefficient (Wildman–Crippen LogP) is 0.213. The second-order valence-electron chi connectivity index (χ2n) is 3.60. The van der Waals surface area contributed by atoms with E-state index in [2.05, 4.69) is 10.6 Å². The standard InChI is InChI=1S/C10H20N2O3/c1-8(7-11-2)10(15)12-6-4-3-5-9(13)14/h8,11H,3-7H2,1-2H3,(H,12,15)(H,13,14). The Morgan fingerprint density at radius 1 is 1.33 bits per heavy atom. The molecule has 5 heteroatoms. The summed E-state index contributed by atoms with van der Waals surface area (Å²) in [5.41, 5.74) is 0. The van der Waals surface area contributed by atoms with Gasteiger partial charge in [0.05, 0.1) is 0 Å². The number of carbonyl (C=O) groups is 2. The van der Waals surface area contributed by atoms with E-state index in [0.29, 0.717) is 25.9 Å². The van der Waals surface area contributed by atoms with E-state index in [1.54, 1.807) is 7.05 Å². The Hall–Kier alpha value is -1.10. The zero-order valence-corrected chi connectivity index (χ0v) is 9.38. The Morgan fingerprint density at radius 2 is 2.00 bits per heavy atom. The first kappa shape index (κ1) is 13.9. The lowest BCUT2D eigenvalue weighted by atomic mass is 10.1. The molecule has 0 heterocycles. The minimum absolute atomic E-state index is 0.0136. The molecule has 0 bridgehead atoms. The zero-order valence-electron chi connectivity index (χ0n) is 9.38. The summed E-state index contributed by atoms with van der Waals surface area (Å²) in [7, 11) is 1.80. The molecule has 88 valence electrons. The van der Waals surface area contributed by atoms with E-state index in [4.69, 9.17) is 5.11 Å². The van der Waals surface area contributed by atoms with Gasteiger partial charge in [-0.1, -0.05) is 6.92 Å². The summed E-state index contributed by atoms with van der Waals surface area (Å²) >= 11 is 0. The van der Waals surface area contributed by atoms with Crippen molar-refractivity contribution in [2.45, 2.75) is 26.2 Å². The molecule has 0 aromatic carbocycles. The van der Waals surface area contributed by atoms with Crippen molar-refractivity contribution in [2.24, 2.45) is 5.92 Å². The van der Waals surface area contributed by atoms with Gasteiger partial charge in [-0.05, 0) is 19.9 Å². The van der Waals surface area contributed by atoms with Crippen LogP contribution in [0.25, 0.3) is 0 Å². The zero-order chi connectivity index (χ0) is 11.7. The molecule has 0 aliphatic heterocycles. The van der Waals surface area contributed by atoms with E-state index in [1.165, 1.54) is 0 Å². The molecule has 0 saturated carbocycles. The van der Waals surface area contributed by atoms with E-state index in [1.807, 2.05) is 6.92 Å². The summed E-state index contributed by atoms with van der Waals surface area (Å²) in [5.74, 6) is -0.820. The van der Waals surface area contributed by atoms with E-state index in [0.717, 1.165) is 0 Å². The molecule has 15 heavy (non-hydrogen) atoms. The molecule has 0 radical (unpaired) electrons. The van der Waals surface area contributed by atoms with Crippen LogP contribution >= 0.6 is 0 Å². The lowest BCUT2D eigenvalue weighted by Crippen LogP contribution is -2.34. The Labute approximate surface area is 90.2 Å². The third kappa shape index (κ3) is 7.93. The van der Waals surface area contributed by atoms with Crippen LogP contribution in [-0.2, 0) is 9.59 Å². The number of aliphatic carboxylic acids is 1. The number of hydrogen-bond acceptors (Lipinski definition) is 3. The Bertz CT molecular complexity index is 207. The summed E-state index contributed by atoms with van der Waals surface area (Å²) in [5, 5.41) is 14.1. The summed E-state index contributed by atoms with van der Waals surface area (Å²) in [6, 6.07) is 0. The Morgan fingerprint density at radius 3 is 2.53 bits per heavy atom. The first-order valence-electron chi connectivity index (χ1n) is 5.22. The van der Waals surface area contributed by atoms with Gasteiger partial charge in [0.15, 0.2) is 0 Å². The van der Waals surface area contributed by atoms with Crippen molar-refractivity contribution in [3.8, 4) is 0 Å². The number of carboxylic acids is 1. The number of carboxylic acid groups (broad SMARTS) is 1. The first-order valence-corrected chi connectivity index (χ1v) is 5.22. The minimum Gasteiger partial charge on any atom is -0.481 e. The van der Waals surface area contributed by atoms with Crippen LogP contribution in [0.2, 0.25) is 0 Å². The average molecular weight is 216 g/mol. The monoisotopic (exact) mass is 216 g/mol. The highest BCUT2D eigenvalue weighted by Gasteiger charge is 2.10. The molecule has 0 aromatic heterocycles. The molecule has 0 spiro atoms. The van der Waals surface area contributed by atoms with Gasteiger partial charge in [-0.25, -0.2) is 0 Å². The van der Waals surface area contributed by atoms with Gasteiger partial charge in [-0.2, -0.15) is 0 Å². The van der Waals surface area contributed by atoms with Gasteiger partial charge < -0.3 is 15.7 Å². The average Bonchev–Trinajstić information content (AvgIpc) is 2.16. The van der Waals surface area contributed by atoms with Crippen LogP contribution in [0, 0.1) is 5.92 Å². The number of amides is 1. The molecule has 0 saturated heterocycles. The lowest BCUT2D eigenvalue weighted by Gasteiger charge is -2.10. The van der Waals surface area contributed by atoms with Crippen LogP contribution in [0.15, 0.2) is 0 Å². The fourth-order valence-electron chi connectivity index (χ4n) is 1.19. The lowest BCUT2D eigenvalue weighted by molar-refractivity contribution is -0.137. The van der Waals surface area contributed by atoms with E-state index >= 15 is 0 Å². The number of hydrogen-bond donors (Lipinski definition) is 3.